The van der Waals surface area contributed by atoms with Crippen LogP contribution < -0.4 is 15.5 Å². The Morgan fingerprint density at radius 2 is 1.69 bits per heavy atom. The first-order valence-corrected chi connectivity index (χ1v) is 8.93. The third kappa shape index (κ3) is 5.92. The van der Waals surface area contributed by atoms with Crippen LogP contribution in [0.4, 0.5) is 11.4 Å². The van der Waals surface area contributed by atoms with Gasteiger partial charge in [0, 0.05) is 24.5 Å². The second-order valence-corrected chi connectivity index (χ2v) is 6.39. The second-order valence-electron chi connectivity index (χ2n) is 6.39. The van der Waals surface area contributed by atoms with Crippen LogP contribution in [0.3, 0.4) is 0 Å². The summed E-state index contributed by atoms with van der Waals surface area (Å²) in [6.07, 6.45) is 1.24. The molecule has 2 aromatic rings. The zero-order chi connectivity index (χ0) is 18.9. The predicted molar refractivity (Wildman–Crippen MR) is 106 cm³/mol. The lowest BCUT2D eigenvalue weighted by Gasteiger charge is -2.17. The molecule has 0 unspecified atom stereocenters. The van der Waals surface area contributed by atoms with Crippen LogP contribution in [0.5, 0.6) is 0 Å². The Hall–Kier alpha value is -2.82. The molecule has 0 bridgehead atoms. The number of rotatable bonds is 8. The molecular weight excluding hydrogens is 326 g/mol. The molecule has 2 rings (SSSR count). The number of benzene rings is 2. The first-order valence-electron chi connectivity index (χ1n) is 8.93. The number of hydrogen-bond acceptors (Lipinski definition) is 3. The van der Waals surface area contributed by atoms with Crippen molar-refractivity contribution in [2.75, 3.05) is 23.8 Å². The number of carbonyl (C=O) groups is 2. The lowest BCUT2D eigenvalue weighted by atomic mass is 10.1. The molecule has 2 aromatic carbocycles. The fourth-order valence-corrected chi connectivity index (χ4v) is 2.44. The molecule has 2 N–H and O–H groups in total. The van der Waals surface area contributed by atoms with Gasteiger partial charge in [0.1, 0.15) is 0 Å². The van der Waals surface area contributed by atoms with Crippen molar-refractivity contribution in [3.63, 3.8) is 0 Å². The fraction of sp³-hybridized carbons (Fsp3) is 0.333. The molecule has 5 heteroatoms. The molecular formula is C21H27N3O2. The summed E-state index contributed by atoms with van der Waals surface area (Å²) in [6.45, 7) is 4.25. The molecule has 0 aliphatic carbocycles. The van der Waals surface area contributed by atoms with E-state index in [1.165, 1.54) is 0 Å². The molecule has 0 spiro atoms. The van der Waals surface area contributed by atoms with Gasteiger partial charge < -0.3 is 15.5 Å². The zero-order valence-corrected chi connectivity index (χ0v) is 15.7. The van der Waals surface area contributed by atoms with Gasteiger partial charge in [0.2, 0.25) is 11.8 Å². The van der Waals surface area contributed by atoms with Gasteiger partial charge in [-0.3, -0.25) is 9.59 Å². The highest BCUT2D eigenvalue weighted by molar-refractivity contribution is 5.94. The SMILES string of the molecule is CC[C@H](C)NC(=O)CNc1ccc(CC(=O)N(C)c2ccccc2)cc1. The molecule has 1 atom stereocenters. The van der Waals surface area contributed by atoms with Gasteiger partial charge in [0.15, 0.2) is 0 Å². The quantitative estimate of drug-likeness (QED) is 0.766. The maximum atomic E-state index is 12.4. The van der Waals surface area contributed by atoms with Gasteiger partial charge in [-0.15, -0.1) is 0 Å². The number of hydrogen-bond donors (Lipinski definition) is 2. The Balaban J connectivity index is 1.85. The Bertz CT molecular complexity index is 714. The number of carbonyl (C=O) groups excluding carboxylic acids is 2. The minimum atomic E-state index is -0.0249. The summed E-state index contributed by atoms with van der Waals surface area (Å²) in [6, 6.07) is 17.4. The van der Waals surface area contributed by atoms with E-state index in [-0.39, 0.29) is 24.4 Å². The highest BCUT2D eigenvalue weighted by Gasteiger charge is 2.11. The number of amides is 2. The van der Waals surface area contributed by atoms with Gasteiger partial charge in [0.25, 0.3) is 0 Å². The largest absolute Gasteiger partial charge is 0.376 e. The van der Waals surface area contributed by atoms with E-state index in [9.17, 15) is 9.59 Å². The van der Waals surface area contributed by atoms with Crippen molar-refractivity contribution < 1.29 is 9.59 Å². The van der Waals surface area contributed by atoms with Crippen molar-refractivity contribution in [1.29, 1.82) is 0 Å². The van der Waals surface area contributed by atoms with Crippen LogP contribution in [0.25, 0.3) is 0 Å². The Morgan fingerprint density at radius 1 is 1.04 bits per heavy atom. The summed E-state index contributed by atoms with van der Waals surface area (Å²) >= 11 is 0. The summed E-state index contributed by atoms with van der Waals surface area (Å²) in [5.41, 5.74) is 2.67. The summed E-state index contributed by atoms with van der Waals surface area (Å²) in [4.78, 5) is 25.8. The maximum Gasteiger partial charge on any atom is 0.239 e. The van der Waals surface area contributed by atoms with Gasteiger partial charge in [-0.1, -0.05) is 37.3 Å². The Morgan fingerprint density at radius 3 is 2.31 bits per heavy atom. The summed E-state index contributed by atoms with van der Waals surface area (Å²) in [5.74, 6) is 0.00734. The number of para-hydroxylation sites is 1. The summed E-state index contributed by atoms with van der Waals surface area (Å²) in [5, 5.41) is 6.01. The van der Waals surface area contributed by atoms with Crippen LogP contribution in [0.1, 0.15) is 25.8 Å². The third-order valence-electron chi connectivity index (χ3n) is 4.30. The number of nitrogens with one attached hydrogen (secondary N) is 2. The molecule has 2 amide bonds. The topological polar surface area (TPSA) is 61.4 Å². The molecule has 0 fully saturated rings. The monoisotopic (exact) mass is 353 g/mol. The first kappa shape index (κ1) is 19.5. The van der Waals surface area contributed by atoms with Crippen molar-refractivity contribution in [3.05, 3.63) is 60.2 Å². The van der Waals surface area contributed by atoms with Crippen molar-refractivity contribution in [3.8, 4) is 0 Å². The molecule has 5 nitrogen and oxygen atoms in total. The predicted octanol–water partition coefficient (Wildman–Crippen LogP) is 3.22. The lowest BCUT2D eigenvalue weighted by Crippen LogP contribution is -2.36. The number of likely N-dealkylation sites (N-methyl/N-ethyl adjacent to an activating group) is 1. The minimum Gasteiger partial charge on any atom is -0.376 e. The van der Waals surface area contributed by atoms with E-state index in [2.05, 4.69) is 10.6 Å². The van der Waals surface area contributed by atoms with Gasteiger partial charge in [-0.05, 0) is 43.2 Å². The van der Waals surface area contributed by atoms with E-state index in [1.54, 1.807) is 11.9 Å². The molecule has 0 saturated carbocycles. The van der Waals surface area contributed by atoms with Gasteiger partial charge in [-0.2, -0.15) is 0 Å². The Labute approximate surface area is 155 Å². The van der Waals surface area contributed by atoms with E-state index in [0.29, 0.717) is 6.42 Å². The van der Waals surface area contributed by atoms with Gasteiger partial charge >= 0.3 is 0 Å². The highest BCUT2D eigenvalue weighted by Crippen LogP contribution is 2.14. The maximum absolute atomic E-state index is 12.4. The minimum absolute atomic E-state index is 0.0249. The fourth-order valence-electron chi connectivity index (χ4n) is 2.44. The van der Waals surface area contributed by atoms with Crippen LogP contribution in [0.15, 0.2) is 54.6 Å². The normalized spacial score (nSPS) is 11.5. The molecule has 0 heterocycles. The average molecular weight is 353 g/mol. The molecule has 0 saturated heterocycles. The van der Waals surface area contributed by atoms with E-state index in [4.69, 9.17) is 0 Å². The van der Waals surface area contributed by atoms with Crippen molar-refractivity contribution >= 4 is 23.2 Å². The zero-order valence-electron chi connectivity index (χ0n) is 15.7. The molecule has 26 heavy (non-hydrogen) atoms. The van der Waals surface area contributed by atoms with Crippen molar-refractivity contribution in [1.82, 2.24) is 5.32 Å². The molecule has 0 aliphatic heterocycles. The second kappa shape index (κ2) is 9.61. The average Bonchev–Trinajstić information content (AvgIpc) is 2.67. The first-order chi connectivity index (χ1) is 12.5. The van der Waals surface area contributed by atoms with Crippen LogP contribution in [0, 0.1) is 0 Å². The summed E-state index contributed by atoms with van der Waals surface area (Å²) in [7, 11) is 1.78. The van der Waals surface area contributed by atoms with Crippen LogP contribution in [-0.4, -0.2) is 31.4 Å². The number of anilines is 2. The van der Waals surface area contributed by atoms with Crippen LogP contribution >= 0.6 is 0 Å². The van der Waals surface area contributed by atoms with E-state index < -0.39 is 0 Å². The van der Waals surface area contributed by atoms with Crippen molar-refractivity contribution in [2.45, 2.75) is 32.7 Å². The van der Waals surface area contributed by atoms with Crippen molar-refractivity contribution in [2.24, 2.45) is 0 Å². The van der Waals surface area contributed by atoms with E-state index in [1.807, 2.05) is 68.4 Å². The van der Waals surface area contributed by atoms with Gasteiger partial charge in [-0.25, -0.2) is 0 Å². The number of nitrogens with zero attached hydrogens (tertiary/aromatic N) is 1. The smallest absolute Gasteiger partial charge is 0.239 e. The van der Waals surface area contributed by atoms with Gasteiger partial charge in [0.05, 0.1) is 13.0 Å². The molecule has 0 aliphatic rings. The third-order valence-corrected chi connectivity index (χ3v) is 4.30. The van der Waals surface area contributed by atoms with E-state index >= 15 is 0 Å². The Kier molecular flexibility index (Phi) is 7.21. The van der Waals surface area contributed by atoms with Crippen LogP contribution in [-0.2, 0) is 16.0 Å². The molecule has 0 radical (unpaired) electrons. The summed E-state index contributed by atoms with van der Waals surface area (Å²) < 4.78 is 0. The lowest BCUT2D eigenvalue weighted by molar-refractivity contribution is -0.120. The molecule has 0 aromatic heterocycles. The molecule has 138 valence electrons. The highest BCUT2D eigenvalue weighted by atomic mass is 16.2. The van der Waals surface area contributed by atoms with Crippen LogP contribution in [0.2, 0.25) is 0 Å². The standard InChI is InChI=1S/C21H27N3O2/c1-4-16(2)23-20(25)15-22-18-12-10-17(11-13-18)14-21(26)24(3)19-8-6-5-7-9-19/h5-13,16,22H,4,14-15H2,1-3H3,(H,23,25)/t16-/m0/s1. The van der Waals surface area contributed by atoms with E-state index in [0.717, 1.165) is 23.4 Å².